The molecule has 0 aromatic heterocycles. The van der Waals surface area contributed by atoms with E-state index < -0.39 is 5.97 Å². The van der Waals surface area contributed by atoms with Crippen LogP contribution in [0, 0.1) is 46.3 Å². The molecule has 0 aromatic rings. The molecule has 4 rings (SSSR count). The van der Waals surface area contributed by atoms with Gasteiger partial charge in [0.1, 0.15) is 0 Å². The van der Waals surface area contributed by atoms with Crippen molar-refractivity contribution in [2.24, 2.45) is 46.3 Å². The first-order valence-corrected chi connectivity index (χ1v) is 11.7. The fraction of sp³-hybridized carbons (Fsp3) is 0.958. The first-order valence-electron chi connectivity index (χ1n) is 11.7. The Balaban J connectivity index is 1.55. The first kappa shape index (κ1) is 20.7. The molecule has 4 aliphatic carbocycles. The predicted molar refractivity (Wildman–Crippen MR) is 109 cm³/mol. The number of aliphatic carboxylic acids is 1. The molecule has 4 saturated carbocycles. The zero-order chi connectivity index (χ0) is 20.3. The number of aliphatic hydroxyl groups is 2. The smallest absolute Gasteiger partial charge is 0.303 e. The number of carboxylic acid groups (broad SMARTS) is 1. The summed E-state index contributed by atoms with van der Waals surface area (Å²) in [5.41, 5.74) is 0.478. The Morgan fingerprint density at radius 2 is 1.64 bits per heavy atom. The number of rotatable bonds is 4. The maximum absolute atomic E-state index is 11.1. The second kappa shape index (κ2) is 7.27. The van der Waals surface area contributed by atoms with Crippen LogP contribution in [0.1, 0.15) is 85.0 Å². The van der Waals surface area contributed by atoms with E-state index in [1.54, 1.807) is 0 Å². The highest BCUT2D eigenvalue weighted by Gasteiger charge is 2.62. The van der Waals surface area contributed by atoms with Gasteiger partial charge in [0.05, 0.1) is 12.2 Å². The van der Waals surface area contributed by atoms with Gasteiger partial charge in [0, 0.05) is 6.42 Å². The largest absolute Gasteiger partial charge is 0.481 e. The van der Waals surface area contributed by atoms with E-state index in [2.05, 4.69) is 20.8 Å². The van der Waals surface area contributed by atoms with Gasteiger partial charge in [0.25, 0.3) is 0 Å². The summed E-state index contributed by atoms with van der Waals surface area (Å²) < 4.78 is 0. The molecule has 0 bridgehead atoms. The molecule has 3 N–H and O–H groups in total. The van der Waals surface area contributed by atoms with Gasteiger partial charge in [-0.1, -0.05) is 20.8 Å². The average molecular weight is 393 g/mol. The van der Waals surface area contributed by atoms with Crippen LogP contribution >= 0.6 is 0 Å². The summed E-state index contributed by atoms with van der Waals surface area (Å²) in [7, 11) is 0. The van der Waals surface area contributed by atoms with Crippen molar-refractivity contribution in [3.05, 3.63) is 0 Å². The maximum atomic E-state index is 11.1. The van der Waals surface area contributed by atoms with E-state index in [-0.39, 0.29) is 30.0 Å². The normalized spacial score (nSPS) is 51.7. The monoisotopic (exact) mass is 392 g/mol. The van der Waals surface area contributed by atoms with Crippen LogP contribution in [-0.4, -0.2) is 33.5 Å². The van der Waals surface area contributed by atoms with Crippen molar-refractivity contribution < 1.29 is 20.1 Å². The molecule has 160 valence electrons. The van der Waals surface area contributed by atoms with Gasteiger partial charge in [-0.25, -0.2) is 0 Å². The van der Waals surface area contributed by atoms with Crippen molar-refractivity contribution in [3.63, 3.8) is 0 Å². The lowest BCUT2D eigenvalue weighted by Gasteiger charge is -2.62. The van der Waals surface area contributed by atoms with Crippen LogP contribution in [0.15, 0.2) is 0 Å². The molecule has 4 heteroatoms. The molecule has 4 nitrogen and oxygen atoms in total. The molecule has 0 radical (unpaired) electrons. The zero-order valence-corrected chi connectivity index (χ0v) is 17.9. The highest BCUT2D eigenvalue weighted by Crippen LogP contribution is 2.68. The SMILES string of the molecule is C[C@H](CCC(=O)O)[C@H]1CC[C@@H]2[C@H]3C[C@H](O)[C@@H]4C[C@H](O)CC[C@]4(C)[C@H]3CC[C@@]21C. The summed E-state index contributed by atoms with van der Waals surface area (Å²) in [4.78, 5) is 11.1. The zero-order valence-electron chi connectivity index (χ0n) is 17.9. The molecule has 4 fully saturated rings. The third-order valence-corrected chi connectivity index (χ3v) is 10.2. The predicted octanol–water partition coefficient (Wildman–Crippen LogP) is 4.48. The Labute approximate surface area is 170 Å². The molecular formula is C24H40O4. The summed E-state index contributed by atoms with van der Waals surface area (Å²) in [6.07, 6.45) is 9.16. The van der Waals surface area contributed by atoms with Crippen molar-refractivity contribution in [1.29, 1.82) is 0 Å². The molecule has 0 spiro atoms. The van der Waals surface area contributed by atoms with Gasteiger partial charge in [-0.05, 0) is 104 Å². The molecule has 28 heavy (non-hydrogen) atoms. The molecule has 0 aliphatic heterocycles. The van der Waals surface area contributed by atoms with Crippen LogP contribution in [0.3, 0.4) is 0 Å². The van der Waals surface area contributed by atoms with Gasteiger partial charge >= 0.3 is 5.97 Å². The number of hydrogen-bond donors (Lipinski definition) is 3. The standard InChI is InChI=1S/C24H40O4/c1-14(4-7-22(27)28)17-5-6-18-16-13-21(26)20-12-15(25)8-10-24(20,3)19(16)9-11-23(17,18)2/h14-21,25-26H,4-13H2,1-3H3,(H,27,28)/t14-,15-,16-,17-,18-,19+,20+,21+,23-,24-/m1/s1. The summed E-state index contributed by atoms with van der Waals surface area (Å²) in [5, 5.41) is 30.4. The Bertz CT molecular complexity index is 605. The van der Waals surface area contributed by atoms with E-state index >= 15 is 0 Å². The van der Waals surface area contributed by atoms with Gasteiger partial charge < -0.3 is 15.3 Å². The highest BCUT2D eigenvalue weighted by molar-refractivity contribution is 5.66. The fourth-order valence-electron chi connectivity index (χ4n) is 8.81. The van der Waals surface area contributed by atoms with Crippen molar-refractivity contribution in [2.45, 2.75) is 97.2 Å². The second-order valence-electron chi connectivity index (χ2n) is 11.4. The van der Waals surface area contributed by atoms with Gasteiger partial charge in [-0.2, -0.15) is 0 Å². The summed E-state index contributed by atoms with van der Waals surface area (Å²) >= 11 is 0. The fourth-order valence-corrected chi connectivity index (χ4v) is 8.81. The van der Waals surface area contributed by atoms with Crippen molar-refractivity contribution in [2.75, 3.05) is 0 Å². The number of carbonyl (C=O) groups is 1. The average Bonchev–Trinajstić information content (AvgIpc) is 2.99. The number of fused-ring (bicyclic) bond motifs is 5. The van der Waals surface area contributed by atoms with E-state index in [0.29, 0.717) is 35.0 Å². The van der Waals surface area contributed by atoms with Crippen LogP contribution < -0.4 is 0 Å². The van der Waals surface area contributed by atoms with E-state index in [1.807, 2.05) is 0 Å². The lowest BCUT2D eigenvalue weighted by molar-refractivity contribution is -0.172. The number of carboxylic acids is 1. The van der Waals surface area contributed by atoms with Gasteiger partial charge in [0.2, 0.25) is 0 Å². The minimum Gasteiger partial charge on any atom is -0.481 e. The van der Waals surface area contributed by atoms with Crippen LogP contribution in [0.4, 0.5) is 0 Å². The molecule has 10 atom stereocenters. The summed E-state index contributed by atoms with van der Waals surface area (Å²) in [5.74, 6) is 2.61. The lowest BCUT2D eigenvalue weighted by atomic mass is 9.44. The van der Waals surface area contributed by atoms with Crippen molar-refractivity contribution in [1.82, 2.24) is 0 Å². The Kier molecular flexibility index (Phi) is 5.36. The minimum absolute atomic E-state index is 0.176. The summed E-state index contributed by atoms with van der Waals surface area (Å²) in [6.45, 7) is 7.16. The summed E-state index contributed by atoms with van der Waals surface area (Å²) in [6, 6.07) is 0. The quantitative estimate of drug-likeness (QED) is 0.659. The molecule has 0 amide bonds. The second-order valence-corrected chi connectivity index (χ2v) is 11.4. The van der Waals surface area contributed by atoms with E-state index in [0.717, 1.165) is 32.1 Å². The minimum atomic E-state index is -0.677. The van der Waals surface area contributed by atoms with Crippen molar-refractivity contribution in [3.8, 4) is 0 Å². The third-order valence-electron chi connectivity index (χ3n) is 10.2. The van der Waals surface area contributed by atoms with Crippen LogP contribution in [0.2, 0.25) is 0 Å². The maximum Gasteiger partial charge on any atom is 0.303 e. The number of aliphatic hydroxyl groups excluding tert-OH is 2. The van der Waals surface area contributed by atoms with E-state index in [1.165, 1.54) is 25.7 Å². The molecule has 0 heterocycles. The van der Waals surface area contributed by atoms with Gasteiger partial charge in [-0.3, -0.25) is 4.79 Å². The molecule has 4 aliphatic rings. The first-order chi connectivity index (χ1) is 13.2. The molecular weight excluding hydrogens is 352 g/mol. The Morgan fingerprint density at radius 3 is 2.36 bits per heavy atom. The van der Waals surface area contributed by atoms with E-state index in [9.17, 15) is 15.0 Å². The molecule has 0 unspecified atom stereocenters. The lowest BCUT2D eigenvalue weighted by Crippen LogP contribution is -2.58. The van der Waals surface area contributed by atoms with Crippen molar-refractivity contribution >= 4 is 5.97 Å². The van der Waals surface area contributed by atoms with Crippen LogP contribution in [0.5, 0.6) is 0 Å². The van der Waals surface area contributed by atoms with Gasteiger partial charge in [-0.15, -0.1) is 0 Å². The topological polar surface area (TPSA) is 77.8 Å². The van der Waals surface area contributed by atoms with Crippen LogP contribution in [0.25, 0.3) is 0 Å². The Hall–Kier alpha value is -0.610. The third kappa shape index (κ3) is 3.14. The molecule has 0 saturated heterocycles. The van der Waals surface area contributed by atoms with E-state index in [4.69, 9.17) is 5.11 Å². The highest BCUT2D eigenvalue weighted by atomic mass is 16.4. The molecule has 0 aromatic carbocycles. The van der Waals surface area contributed by atoms with Gasteiger partial charge in [0.15, 0.2) is 0 Å². The Morgan fingerprint density at radius 1 is 0.964 bits per heavy atom. The number of hydrogen-bond acceptors (Lipinski definition) is 3. The van der Waals surface area contributed by atoms with Crippen LogP contribution in [-0.2, 0) is 4.79 Å².